The van der Waals surface area contributed by atoms with Gasteiger partial charge in [0.2, 0.25) is 0 Å². The third-order valence-electron chi connectivity index (χ3n) is 9.74. The van der Waals surface area contributed by atoms with Gasteiger partial charge in [-0.3, -0.25) is 19.2 Å². The van der Waals surface area contributed by atoms with Crippen molar-refractivity contribution in [3.8, 4) is 0 Å². The van der Waals surface area contributed by atoms with Crippen molar-refractivity contribution in [2.45, 2.75) is 131 Å². The van der Waals surface area contributed by atoms with Crippen molar-refractivity contribution in [1.82, 2.24) is 0 Å². The van der Waals surface area contributed by atoms with Crippen LogP contribution in [0.2, 0.25) is 0 Å². The van der Waals surface area contributed by atoms with Crippen molar-refractivity contribution in [1.29, 1.82) is 0 Å². The van der Waals surface area contributed by atoms with Crippen molar-refractivity contribution in [2.24, 2.45) is 34.5 Å². The van der Waals surface area contributed by atoms with E-state index < -0.39 is 53.3 Å². The Bertz CT molecular complexity index is 1030. The van der Waals surface area contributed by atoms with Gasteiger partial charge in [0.25, 0.3) is 0 Å². The Hall–Kier alpha value is -2.42. The highest BCUT2D eigenvalue weighted by Crippen LogP contribution is 2.67. The SMILES string of the molecule is CCCC(=O)O[C@H]1C[C@]2(C)[C@H](C=C(C)[C@H](OC(C)=O)[C@H](O)[C@H]2OC(=O)CCC)[C@H]2[C@@H](C(C)C)[C@@H](OC(C)=O)C[C@]21C. The number of fused-ring (bicyclic) bond motifs is 3. The lowest BCUT2D eigenvalue weighted by Crippen LogP contribution is -2.61. The number of aliphatic hydroxyl groups excluding tert-OH is 1. The van der Waals surface area contributed by atoms with Crippen LogP contribution in [0.25, 0.3) is 0 Å². The molecule has 0 unspecified atom stereocenters. The van der Waals surface area contributed by atoms with Gasteiger partial charge in [0, 0.05) is 43.4 Å². The normalized spacial score (nSPS) is 38.2. The first-order chi connectivity index (χ1) is 19.1. The summed E-state index contributed by atoms with van der Waals surface area (Å²) in [6.07, 6.45) is 0.188. The molecule has 3 rings (SSSR count). The van der Waals surface area contributed by atoms with Crippen molar-refractivity contribution >= 4 is 23.9 Å². The predicted molar refractivity (Wildman–Crippen MR) is 151 cm³/mol. The van der Waals surface area contributed by atoms with Crippen LogP contribution in [-0.2, 0) is 38.1 Å². The summed E-state index contributed by atoms with van der Waals surface area (Å²) < 4.78 is 23.9. The first-order valence-corrected chi connectivity index (χ1v) is 15.2. The highest BCUT2D eigenvalue weighted by molar-refractivity contribution is 5.70. The van der Waals surface area contributed by atoms with Gasteiger partial charge in [-0.1, -0.05) is 47.6 Å². The second-order valence-electron chi connectivity index (χ2n) is 13.3. The molecule has 3 aliphatic rings. The smallest absolute Gasteiger partial charge is 0.306 e. The topological polar surface area (TPSA) is 125 Å². The van der Waals surface area contributed by atoms with Crippen LogP contribution >= 0.6 is 0 Å². The molecule has 2 fully saturated rings. The summed E-state index contributed by atoms with van der Waals surface area (Å²) in [4.78, 5) is 50.3. The number of allylic oxidation sites excluding steroid dienone is 1. The Morgan fingerprint density at radius 2 is 1.46 bits per heavy atom. The quantitative estimate of drug-likeness (QED) is 0.230. The molecule has 41 heavy (non-hydrogen) atoms. The van der Waals surface area contributed by atoms with E-state index in [2.05, 4.69) is 26.8 Å². The third-order valence-corrected chi connectivity index (χ3v) is 9.74. The van der Waals surface area contributed by atoms with Crippen LogP contribution in [0.5, 0.6) is 0 Å². The van der Waals surface area contributed by atoms with Gasteiger partial charge in [-0.25, -0.2) is 0 Å². The molecular formula is C32H50O9. The van der Waals surface area contributed by atoms with Crippen LogP contribution < -0.4 is 0 Å². The summed E-state index contributed by atoms with van der Waals surface area (Å²) in [5.41, 5.74) is -0.789. The lowest BCUT2D eigenvalue weighted by molar-refractivity contribution is -0.212. The summed E-state index contributed by atoms with van der Waals surface area (Å²) in [5.74, 6) is -2.10. The van der Waals surface area contributed by atoms with E-state index >= 15 is 0 Å². The number of rotatable bonds is 9. The average Bonchev–Trinajstić information content (AvgIpc) is 3.12. The average molecular weight is 579 g/mol. The molecule has 2 saturated carbocycles. The molecule has 0 amide bonds. The molecule has 0 saturated heterocycles. The lowest BCUT2D eigenvalue weighted by Gasteiger charge is -2.57. The third kappa shape index (κ3) is 6.50. The van der Waals surface area contributed by atoms with Gasteiger partial charge in [0.15, 0.2) is 6.10 Å². The zero-order chi connectivity index (χ0) is 30.9. The second kappa shape index (κ2) is 12.8. The number of hydrogen-bond acceptors (Lipinski definition) is 9. The Balaban J connectivity index is 2.27. The van der Waals surface area contributed by atoms with E-state index in [9.17, 15) is 24.3 Å². The van der Waals surface area contributed by atoms with Gasteiger partial charge >= 0.3 is 23.9 Å². The van der Waals surface area contributed by atoms with E-state index in [0.717, 1.165) is 0 Å². The molecule has 0 spiro atoms. The molecule has 0 radical (unpaired) electrons. The number of carbonyl (C=O) groups excluding carboxylic acids is 4. The molecule has 0 bridgehead atoms. The number of aliphatic hydroxyl groups is 1. The Morgan fingerprint density at radius 1 is 0.902 bits per heavy atom. The van der Waals surface area contributed by atoms with Crippen LogP contribution in [0.3, 0.4) is 0 Å². The fourth-order valence-electron chi connectivity index (χ4n) is 8.07. The molecule has 0 aromatic carbocycles. The summed E-state index contributed by atoms with van der Waals surface area (Å²) in [7, 11) is 0. The van der Waals surface area contributed by atoms with E-state index in [1.807, 2.05) is 27.7 Å². The van der Waals surface area contributed by atoms with Gasteiger partial charge in [0.1, 0.15) is 24.4 Å². The van der Waals surface area contributed by atoms with E-state index in [0.29, 0.717) is 31.3 Å². The molecule has 1 N–H and O–H groups in total. The fraction of sp³-hybridized carbons (Fsp3) is 0.812. The Morgan fingerprint density at radius 3 is 1.98 bits per heavy atom. The van der Waals surface area contributed by atoms with Crippen molar-refractivity contribution < 1.29 is 43.2 Å². The predicted octanol–water partition coefficient (Wildman–Crippen LogP) is 4.92. The highest BCUT2D eigenvalue weighted by Gasteiger charge is 2.69. The van der Waals surface area contributed by atoms with Gasteiger partial charge < -0.3 is 24.1 Å². The highest BCUT2D eigenvalue weighted by atomic mass is 16.6. The monoisotopic (exact) mass is 578 g/mol. The maximum Gasteiger partial charge on any atom is 0.306 e. The van der Waals surface area contributed by atoms with E-state index in [4.69, 9.17) is 18.9 Å². The van der Waals surface area contributed by atoms with Gasteiger partial charge in [-0.05, 0) is 55.9 Å². The maximum atomic E-state index is 13.0. The maximum absolute atomic E-state index is 13.0. The summed E-state index contributed by atoms with van der Waals surface area (Å²) >= 11 is 0. The number of carbonyl (C=O) groups is 4. The number of esters is 4. The number of ether oxygens (including phenoxy) is 4. The van der Waals surface area contributed by atoms with Crippen molar-refractivity contribution in [3.63, 3.8) is 0 Å². The van der Waals surface area contributed by atoms with Gasteiger partial charge in [0.05, 0.1) is 0 Å². The van der Waals surface area contributed by atoms with E-state index in [1.165, 1.54) is 13.8 Å². The first-order valence-electron chi connectivity index (χ1n) is 15.2. The molecule has 232 valence electrons. The summed E-state index contributed by atoms with van der Waals surface area (Å²) in [6, 6.07) is 0. The Kier molecular flexibility index (Phi) is 10.4. The van der Waals surface area contributed by atoms with Crippen molar-refractivity contribution in [2.75, 3.05) is 0 Å². The molecular weight excluding hydrogens is 528 g/mol. The first kappa shape index (κ1) is 33.1. The molecule has 3 aliphatic carbocycles. The second-order valence-corrected chi connectivity index (χ2v) is 13.3. The Labute approximate surface area is 244 Å². The van der Waals surface area contributed by atoms with E-state index in [1.54, 1.807) is 0 Å². The molecule has 0 aliphatic heterocycles. The summed E-state index contributed by atoms with van der Waals surface area (Å²) in [5, 5.41) is 11.8. The minimum absolute atomic E-state index is 0.0978. The largest absolute Gasteiger partial charge is 0.462 e. The minimum atomic E-state index is -1.33. The minimum Gasteiger partial charge on any atom is -0.462 e. The summed E-state index contributed by atoms with van der Waals surface area (Å²) in [6.45, 7) is 16.6. The molecule has 10 atom stereocenters. The molecule has 9 heteroatoms. The molecule has 0 heterocycles. The van der Waals surface area contributed by atoms with Gasteiger partial charge in [-0.15, -0.1) is 0 Å². The molecule has 9 nitrogen and oxygen atoms in total. The van der Waals surface area contributed by atoms with Gasteiger partial charge in [-0.2, -0.15) is 0 Å². The molecule has 0 aromatic rings. The standard InChI is InChI=1S/C32H50O9/c1-10-12-24(35)40-23-16-31(8)21(27-26(17(3)4)22(38-19(6)33)15-32(23,27)9)14-18(5)29(39-20(7)34)28(37)30(31)41-25(36)13-11-2/h14,17,21-23,26-30,37H,10-13,15-16H2,1-9H3/t21-,22+,23+,26+,27+,28+,29+,30-,31-,32+/m1/s1. The zero-order valence-electron chi connectivity index (χ0n) is 26.2. The lowest BCUT2D eigenvalue weighted by atomic mass is 9.49. The van der Waals surface area contributed by atoms with Crippen molar-refractivity contribution in [3.05, 3.63) is 11.6 Å². The van der Waals surface area contributed by atoms with Crippen LogP contribution in [0.1, 0.15) is 101 Å². The van der Waals surface area contributed by atoms with Crippen LogP contribution in [0.4, 0.5) is 0 Å². The zero-order valence-corrected chi connectivity index (χ0v) is 26.2. The fourth-order valence-corrected chi connectivity index (χ4v) is 8.07. The van der Waals surface area contributed by atoms with E-state index in [-0.39, 0.29) is 48.5 Å². The van der Waals surface area contributed by atoms with Crippen LogP contribution in [-0.4, -0.2) is 59.5 Å². The van der Waals surface area contributed by atoms with Crippen LogP contribution in [0, 0.1) is 34.5 Å². The number of hydrogen-bond donors (Lipinski definition) is 1. The molecule has 0 aromatic heterocycles. The van der Waals surface area contributed by atoms with Crippen LogP contribution in [0.15, 0.2) is 11.6 Å².